The van der Waals surface area contributed by atoms with Crippen LogP contribution in [0.4, 0.5) is 0 Å². The van der Waals surface area contributed by atoms with E-state index >= 15 is 0 Å². The van der Waals surface area contributed by atoms with E-state index in [0.717, 1.165) is 31.7 Å². The molecule has 1 fully saturated rings. The van der Waals surface area contributed by atoms with E-state index < -0.39 is 0 Å². The van der Waals surface area contributed by atoms with E-state index in [1.54, 1.807) is 12.3 Å². The fraction of sp³-hybridized carbons (Fsp3) is 0.500. The van der Waals surface area contributed by atoms with E-state index in [2.05, 4.69) is 9.97 Å². The fourth-order valence-corrected chi connectivity index (χ4v) is 3.09. The molecule has 0 amide bonds. The molecule has 6 heteroatoms. The van der Waals surface area contributed by atoms with Crippen molar-refractivity contribution in [1.29, 1.82) is 0 Å². The normalized spacial score (nSPS) is 23.1. The zero-order valence-corrected chi connectivity index (χ0v) is 11.0. The summed E-state index contributed by atoms with van der Waals surface area (Å²) in [6.45, 7) is 1.90. The lowest BCUT2D eigenvalue weighted by Crippen LogP contribution is -2.28. The van der Waals surface area contributed by atoms with Gasteiger partial charge in [0, 0.05) is 19.4 Å². The largest absolute Gasteiger partial charge is 0.381 e. The Hall–Kier alpha value is -1.79. The van der Waals surface area contributed by atoms with Crippen LogP contribution in [0.3, 0.4) is 0 Å². The lowest BCUT2D eigenvalue weighted by molar-refractivity contribution is -0.0282. The van der Waals surface area contributed by atoms with Gasteiger partial charge in [0.25, 0.3) is 5.56 Å². The van der Waals surface area contributed by atoms with E-state index in [4.69, 9.17) is 9.47 Å². The third-order valence-electron chi connectivity index (χ3n) is 4.13. The number of hydrogen-bond acceptors (Lipinski definition) is 5. The molecular weight excluding hydrogens is 258 g/mol. The van der Waals surface area contributed by atoms with Gasteiger partial charge in [-0.1, -0.05) is 0 Å². The second-order valence-electron chi connectivity index (χ2n) is 5.27. The number of nitrogens with zero attached hydrogens (tertiary/aromatic N) is 3. The van der Waals surface area contributed by atoms with E-state index in [9.17, 15) is 4.79 Å². The van der Waals surface area contributed by atoms with Gasteiger partial charge in [0.1, 0.15) is 12.0 Å². The van der Waals surface area contributed by atoms with Crippen LogP contribution in [0.2, 0.25) is 0 Å². The fourth-order valence-electron chi connectivity index (χ4n) is 3.09. The van der Waals surface area contributed by atoms with E-state index in [1.165, 1.54) is 10.7 Å². The molecule has 2 aromatic rings. The summed E-state index contributed by atoms with van der Waals surface area (Å²) >= 11 is 0. The van der Waals surface area contributed by atoms with Crippen LogP contribution in [0.5, 0.6) is 0 Å². The Bertz CT molecular complexity index is 706. The van der Waals surface area contributed by atoms with Crippen LogP contribution in [-0.2, 0) is 16.1 Å². The van der Waals surface area contributed by atoms with Crippen molar-refractivity contribution in [3.63, 3.8) is 0 Å². The summed E-state index contributed by atoms with van der Waals surface area (Å²) in [7, 11) is 0. The van der Waals surface area contributed by atoms with E-state index in [-0.39, 0.29) is 11.7 Å². The Labute approximate surface area is 115 Å². The summed E-state index contributed by atoms with van der Waals surface area (Å²) in [5.41, 5.74) is 2.06. The molecule has 0 aromatic carbocycles. The van der Waals surface area contributed by atoms with Crippen molar-refractivity contribution in [1.82, 2.24) is 14.4 Å². The summed E-state index contributed by atoms with van der Waals surface area (Å²) in [5, 5.41) is 0. The molecule has 4 heterocycles. The van der Waals surface area contributed by atoms with Crippen molar-refractivity contribution in [2.24, 2.45) is 5.92 Å². The summed E-state index contributed by atoms with van der Waals surface area (Å²) < 4.78 is 12.7. The Morgan fingerprint density at radius 3 is 3.00 bits per heavy atom. The first-order valence-corrected chi connectivity index (χ1v) is 6.89. The molecular formula is C14H15N3O3. The SMILES string of the molecule is O=c1c2c(nc3ccncn13)COC2C1CCOCC1. The zero-order chi connectivity index (χ0) is 13.5. The Kier molecular flexibility index (Phi) is 2.78. The maximum Gasteiger partial charge on any atom is 0.265 e. The third-order valence-corrected chi connectivity index (χ3v) is 4.13. The molecule has 0 saturated carbocycles. The van der Waals surface area contributed by atoms with E-state index in [0.29, 0.717) is 23.7 Å². The van der Waals surface area contributed by atoms with Gasteiger partial charge in [0.05, 0.1) is 24.0 Å². The van der Waals surface area contributed by atoms with Crippen molar-refractivity contribution >= 4 is 5.65 Å². The standard InChI is InChI=1S/C14H15N3O3/c18-14-12-10(16-11-1-4-15-8-17(11)14)7-20-13(12)9-2-5-19-6-3-9/h1,4,8-9,13H,2-3,5-7H2. The van der Waals surface area contributed by atoms with Gasteiger partial charge < -0.3 is 9.47 Å². The minimum absolute atomic E-state index is 0.0490. The maximum atomic E-state index is 12.6. The van der Waals surface area contributed by atoms with Gasteiger partial charge in [0.2, 0.25) is 0 Å². The van der Waals surface area contributed by atoms with Crippen LogP contribution >= 0.6 is 0 Å². The molecule has 2 aromatic heterocycles. The van der Waals surface area contributed by atoms with Crippen molar-refractivity contribution in [3.05, 3.63) is 40.2 Å². The second kappa shape index (κ2) is 4.64. The van der Waals surface area contributed by atoms with Crippen LogP contribution in [0.25, 0.3) is 5.65 Å². The first kappa shape index (κ1) is 12.0. The number of rotatable bonds is 1. The zero-order valence-electron chi connectivity index (χ0n) is 11.0. The maximum absolute atomic E-state index is 12.6. The molecule has 1 atom stereocenters. The Morgan fingerprint density at radius 2 is 2.15 bits per heavy atom. The molecule has 20 heavy (non-hydrogen) atoms. The van der Waals surface area contributed by atoms with Gasteiger partial charge in [-0.05, 0) is 24.8 Å². The molecule has 1 saturated heterocycles. The van der Waals surface area contributed by atoms with E-state index in [1.807, 2.05) is 0 Å². The quantitative estimate of drug-likeness (QED) is 0.778. The van der Waals surface area contributed by atoms with Gasteiger partial charge in [-0.3, -0.25) is 9.20 Å². The molecule has 0 bridgehead atoms. The highest BCUT2D eigenvalue weighted by molar-refractivity contribution is 5.40. The van der Waals surface area contributed by atoms with Gasteiger partial charge >= 0.3 is 0 Å². The minimum atomic E-state index is -0.147. The first-order valence-electron chi connectivity index (χ1n) is 6.89. The predicted octanol–water partition coefficient (Wildman–Crippen LogP) is 1.09. The second-order valence-corrected chi connectivity index (χ2v) is 5.27. The number of aromatic nitrogens is 3. The topological polar surface area (TPSA) is 65.7 Å². The van der Waals surface area contributed by atoms with Crippen LogP contribution < -0.4 is 5.56 Å². The molecule has 6 nitrogen and oxygen atoms in total. The highest BCUT2D eigenvalue weighted by Gasteiger charge is 2.35. The molecule has 1 unspecified atom stereocenters. The minimum Gasteiger partial charge on any atom is -0.381 e. The van der Waals surface area contributed by atoms with Gasteiger partial charge in [-0.2, -0.15) is 0 Å². The highest BCUT2D eigenvalue weighted by Crippen LogP contribution is 2.37. The van der Waals surface area contributed by atoms with Crippen LogP contribution in [0.15, 0.2) is 23.4 Å². The van der Waals surface area contributed by atoms with Gasteiger partial charge in [-0.15, -0.1) is 0 Å². The number of hydrogen-bond donors (Lipinski definition) is 0. The van der Waals surface area contributed by atoms with Gasteiger partial charge in [0.15, 0.2) is 0 Å². The monoisotopic (exact) mass is 273 g/mol. The lowest BCUT2D eigenvalue weighted by atomic mass is 9.90. The number of fused-ring (bicyclic) bond motifs is 2. The van der Waals surface area contributed by atoms with Crippen molar-refractivity contribution in [3.8, 4) is 0 Å². The first-order chi connectivity index (χ1) is 9.84. The van der Waals surface area contributed by atoms with Crippen LogP contribution in [-0.4, -0.2) is 27.6 Å². The molecule has 2 aliphatic rings. The smallest absolute Gasteiger partial charge is 0.265 e. The molecule has 0 spiro atoms. The molecule has 4 rings (SSSR count). The third kappa shape index (κ3) is 1.76. The summed E-state index contributed by atoms with van der Waals surface area (Å²) in [4.78, 5) is 21.2. The number of ether oxygens (including phenoxy) is 2. The van der Waals surface area contributed by atoms with Crippen LogP contribution in [0, 0.1) is 5.92 Å². The molecule has 0 aliphatic carbocycles. The van der Waals surface area contributed by atoms with Gasteiger partial charge in [-0.25, -0.2) is 9.97 Å². The molecule has 104 valence electrons. The van der Waals surface area contributed by atoms with Crippen LogP contribution in [0.1, 0.15) is 30.2 Å². The van der Waals surface area contributed by atoms with Crippen molar-refractivity contribution < 1.29 is 9.47 Å². The Balaban J connectivity index is 1.84. The highest BCUT2D eigenvalue weighted by atomic mass is 16.5. The molecule has 2 aliphatic heterocycles. The van der Waals surface area contributed by atoms with Crippen molar-refractivity contribution in [2.45, 2.75) is 25.6 Å². The Morgan fingerprint density at radius 1 is 1.30 bits per heavy atom. The van der Waals surface area contributed by atoms with Crippen molar-refractivity contribution in [2.75, 3.05) is 13.2 Å². The molecule has 0 N–H and O–H groups in total. The average Bonchev–Trinajstić information content (AvgIpc) is 2.92. The molecule has 0 radical (unpaired) electrons. The lowest BCUT2D eigenvalue weighted by Gasteiger charge is -2.26. The summed E-state index contributed by atoms with van der Waals surface area (Å²) in [5.74, 6) is 0.342. The summed E-state index contributed by atoms with van der Waals surface area (Å²) in [6.07, 6.45) is 4.87. The predicted molar refractivity (Wildman–Crippen MR) is 70.3 cm³/mol. The summed E-state index contributed by atoms with van der Waals surface area (Å²) in [6, 6.07) is 1.74. The average molecular weight is 273 g/mol.